The maximum absolute atomic E-state index is 10.7. The summed E-state index contributed by atoms with van der Waals surface area (Å²) in [5.74, 6) is 0. The van der Waals surface area contributed by atoms with Crippen LogP contribution in [0, 0.1) is 10.1 Å². The van der Waals surface area contributed by atoms with Crippen molar-refractivity contribution in [3.63, 3.8) is 0 Å². The SMILES string of the molecule is O=[N+]([O-])c1cccc(Cn2cccn2)c1Br. The van der Waals surface area contributed by atoms with E-state index in [0.717, 1.165) is 5.56 Å². The molecule has 0 radical (unpaired) electrons. The third-order valence-electron chi connectivity index (χ3n) is 2.15. The van der Waals surface area contributed by atoms with Gasteiger partial charge in [0.1, 0.15) is 4.47 Å². The first-order chi connectivity index (χ1) is 7.68. The van der Waals surface area contributed by atoms with Crippen LogP contribution >= 0.6 is 15.9 Å². The molecule has 0 atom stereocenters. The molecular formula is C10H8BrN3O2. The highest BCUT2D eigenvalue weighted by Gasteiger charge is 2.14. The summed E-state index contributed by atoms with van der Waals surface area (Å²) in [6.07, 6.45) is 3.48. The number of nitro groups is 1. The number of rotatable bonds is 3. The average molecular weight is 282 g/mol. The quantitative estimate of drug-likeness (QED) is 0.642. The van der Waals surface area contributed by atoms with Gasteiger partial charge in [0.25, 0.3) is 5.69 Å². The van der Waals surface area contributed by atoms with E-state index in [2.05, 4.69) is 21.0 Å². The van der Waals surface area contributed by atoms with Crippen LogP contribution in [0.1, 0.15) is 5.56 Å². The zero-order valence-electron chi connectivity index (χ0n) is 8.21. The molecule has 5 nitrogen and oxygen atoms in total. The molecule has 0 aliphatic rings. The molecule has 82 valence electrons. The summed E-state index contributed by atoms with van der Waals surface area (Å²) in [5.41, 5.74) is 0.905. The molecule has 2 rings (SSSR count). The fourth-order valence-electron chi connectivity index (χ4n) is 1.40. The normalized spacial score (nSPS) is 10.3. The molecule has 16 heavy (non-hydrogen) atoms. The molecule has 0 aliphatic carbocycles. The van der Waals surface area contributed by atoms with Crippen LogP contribution in [0.2, 0.25) is 0 Å². The molecule has 0 saturated carbocycles. The van der Waals surface area contributed by atoms with Crippen LogP contribution in [0.3, 0.4) is 0 Å². The first kappa shape index (κ1) is 10.8. The van der Waals surface area contributed by atoms with Crippen LogP contribution in [0.5, 0.6) is 0 Å². The van der Waals surface area contributed by atoms with Gasteiger partial charge in [0.15, 0.2) is 0 Å². The molecular weight excluding hydrogens is 274 g/mol. The van der Waals surface area contributed by atoms with Gasteiger partial charge >= 0.3 is 0 Å². The van der Waals surface area contributed by atoms with Gasteiger partial charge in [-0.3, -0.25) is 14.8 Å². The molecule has 1 aromatic carbocycles. The van der Waals surface area contributed by atoms with Crippen molar-refractivity contribution in [2.75, 3.05) is 0 Å². The van der Waals surface area contributed by atoms with Gasteiger partial charge in [-0.2, -0.15) is 5.10 Å². The summed E-state index contributed by atoms with van der Waals surface area (Å²) >= 11 is 3.24. The van der Waals surface area contributed by atoms with E-state index < -0.39 is 4.92 Å². The minimum absolute atomic E-state index is 0.0738. The molecule has 0 fully saturated rings. The summed E-state index contributed by atoms with van der Waals surface area (Å²) in [6.45, 7) is 0.509. The highest BCUT2D eigenvalue weighted by molar-refractivity contribution is 9.10. The maximum atomic E-state index is 10.7. The molecule has 0 bridgehead atoms. The van der Waals surface area contributed by atoms with E-state index in [4.69, 9.17) is 0 Å². The lowest BCUT2D eigenvalue weighted by Crippen LogP contribution is -2.02. The maximum Gasteiger partial charge on any atom is 0.283 e. The van der Waals surface area contributed by atoms with Crippen LogP contribution < -0.4 is 0 Å². The average Bonchev–Trinajstić information content (AvgIpc) is 2.73. The van der Waals surface area contributed by atoms with Gasteiger partial charge in [0, 0.05) is 18.5 Å². The Morgan fingerprint density at radius 2 is 2.25 bits per heavy atom. The summed E-state index contributed by atoms with van der Waals surface area (Å²) in [7, 11) is 0. The molecule has 1 aromatic heterocycles. The molecule has 0 spiro atoms. The lowest BCUT2D eigenvalue weighted by molar-refractivity contribution is -0.385. The van der Waals surface area contributed by atoms with Crippen LogP contribution in [0.4, 0.5) is 5.69 Å². The van der Waals surface area contributed by atoms with Crippen molar-refractivity contribution in [3.8, 4) is 0 Å². The second-order valence-corrected chi connectivity index (χ2v) is 4.00. The van der Waals surface area contributed by atoms with Gasteiger partial charge in [-0.1, -0.05) is 12.1 Å². The molecule has 1 heterocycles. The lowest BCUT2D eigenvalue weighted by Gasteiger charge is -2.04. The summed E-state index contributed by atoms with van der Waals surface area (Å²) in [6, 6.07) is 6.78. The Hall–Kier alpha value is -1.69. The molecule has 0 N–H and O–H groups in total. The monoisotopic (exact) mass is 281 g/mol. The van der Waals surface area contributed by atoms with Crippen molar-refractivity contribution in [2.24, 2.45) is 0 Å². The second kappa shape index (κ2) is 4.44. The Kier molecular flexibility index (Phi) is 3.00. The Balaban J connectivity index is 2.35. The summed E-state index contributed by atoms with van der Waals surface area (Å²) in [5, 5.41) is 14.8. The van der Waals surface area contributed by atoms with Gasteiger partial charge in [-0.15, -0.1) is 0 Å². The fraction of sp³-hybridized carbons (Fsp3) is 0.100. The van der Waals surface area contributed by atoms with Crippen molar-refractivity contribution in [2.45, 2.75) is 6.54 Å². The Morgan fingerprint density at radius 1 is 1.44 bits per heavy atom. The summed E-state index contributed by atoms with van der Waals surface area (Å²) < 4.78 is 2.22. The van der Waals surface area contributed by atoms with Crippen molar-refractivity contribution in [3.05, 3.63) is 56.8 Å². The fourth-order valence-corrected chi connectivity index (χ4v) is 1.93. The largest absolute Gasteiger partial charge is 0.283 e. The van der Waals surface area contributed by atoms with Crippen LogP contribution in [0.25, 0.3) is 0 Å². The number of aromatic nitrogens is 2. The molecule has 0 unspecified atom stereocenters. The first-order valence-corrected chi connectivity index (χ1v) is 5.37. The second-order valence-electron chi connectivity index (χ2n) is 3.21. The van der Waals surface area contributed by atoms with Gasteiger partial charge < -0.3 is 0 Å². The van der Waals surface area contributed by atoms with Crippen molar-refractivity contribution < 1.29 is 4.92 Å². The number of hydrogen-bond acceptors (Lipinski definition) is 3. The van der Waals surface area contributed by atoms with E-state index >= 15 is 0 Å². The van der Waals surface area contributed by atoms with E-state index in [9.17, 15) is 10.1 Å². The number of hydrogen-bond donors (Lipinski definition) is 0. The van der Waals surface area contributed by atoms with E-state index in [0.29, 0.717) is 11.0 Å². The third kappa shape index (κ3) is 2.11. The minimum Gasteiger partial charge on any atom is -0.268 e. The molecule has 0 saturated heterocycles. The molecule has 0 aliphatic heterocycles. The standard InChI is InChI=1S/C10H8BrN3O2/c11-10-8(7-13-6-2-5-12-13)3-1-4-9(10)14(15)16/h1-6H,7H2. The van der Waals surface area contributed by atoms with E-state index in [1.165, 1.54) is 6.07 Å². The topological polar surface area (TPSA) is 61.0 Å². The van der Waals surface area contributed by atoms with E-state index in [-0.39, 0.29) is 5.69 Å². The predicted molar refractivity (Wildman–Crippen MR) is 62.1 cm³/mol. The first-order valence-electron chi connectivity index (χ1n) is 4.57. The Labute approximate surface area is 100.0 Å². The molecule has 0 amide bonds. The van der Waals surface area contributed by atoms with Gasteiger partial charge in [0.2, 0.25) is 0 Å². The van der Waals surface area contributed by atoms with Crippen molar-refractivity contribution in [1.29, 1.82) is 0 Å². The van der Waals surface area contributed by atoms with Gasteiger partial charge in [0.05, 0.1) is 11.5 Å². The van der Waals surface area contributed by atoms with E-state index in [1.54, 1.807) is 16.9 Å². The lowest BCUT2D eigenvalue weighted by atomic mass is 10.2. The minimum atomic E-state index is -0.406. The highest BCUT2D eigenvalue weighted by Crippen LogP contribution is 2.28. The summed E-state index contributed by atoms with van der Waals surface area (Å²) in [4.78, 5) is 10.3. The number of nitrogens with zero attached hydrogens (tertiary/aromatic N) is 3. The number of benzene rings is 1. The predicted octanol–water partition coefficient (Wildman–Crippen LogP) is 2.60. The number of halogens is 1. The Bertz CT molecular complexity index is 511. The van der Waals surface area contributed by atoms with Gasteiger partial charge in [-0.05, 0) is 27.6 Å². The van der Waals surface area contributed by atoms with Crippen LogP contribution in [0.15, 0.2) is 41.1 Å². The highest BCUT2D eigenvalue weighted by atomic mass is 79.9. The molecule has 2 aromatic rings. The molecule has 6 heteroatoms. The zero-order chi connectivity index (χ0) is 11.5. The third-order valence-corrected chi connectivity index (χ3v) is 3.06. The number of nitro benzene ring substituents is 1. The Morgan fingerprint density at radius 3 is 2.88 bits per heavy atom. The van der Waals surface area contributed by atoms with E-state index in [1.807, 2.05) is 18.3 Å². The van der Waals surface area contributed by atoms with Crippen LogP contribution in [-0.2, 0) is 6.54 Å². The smallest absolute Gasteiger partial charge is 0.268 e. The van der Waals surface area contributed by atoms with Gasteiger partial charge in [-0.25, -0.2) is 0 Å². The van der Waals surface area contributed by atoms with Crippen molar-refractivity contribution >= 4 is 21.6 Å². The van der Waals surface area contributed by atoms with Crippen molar-refractivity contribution in [1.82, 2.24) is 9.78 Å². The zero-order valence-corrected chi connectivity index (χ0v) is 9.79. The van der Waals surface area contributed by atoms with Crippen LogP contribution in [-0.4, -0.2) is 14.7 Å².